The molecule has 80 valence electrons. The fourth-order valence-corrected chi connectivity index (χ4v) is 1.91. The summed E-state index contributed by atoms with van der Waals surface area (Å²) in [6, 6.07) is 4.67. The Balaban J connectivity index is 2.48. The van der Waals surface area contributed by atoms with Gasteiger partial charge in [-0.3, -0.25) is 4.99 Å². The second kappa shape index (κ2) is 4.29. The largest absolute Gasteiger partial charge is 0.300 e. The van der Waals surface area contributed by atoms with Crippen molar-refractivity contribution in [2.24, 2.45) is 4.99 Å². The fraction of sp³-hybridized carbons (Fsp3) is 0.364. The second-order valence-corrected chi connectivity index (χ2v) is 4.07. The first-order chi connectivity index (χ1) is 7.16. The van der Waals surface area contributed by atoms with E-state index in [1.807, 2.05) is 7.05 Å². The molecule has 0 bridgehead atoms. The quantitative estimate of drug-likeness (QED) is 0.663. The lowest BCUT2D eigenvalue weighted by Crippen LogP contribution is -2.24. The third kappa shape index (κ3) is 2.36. The molecule has 1 aliphatic rings. The minimum atomic E-state index is -0.273. The molecule has 0 aliphatic carbocycles. The number of benzene rings is 1. The van der Waals surface area contributed by atoms with E-state index in [-0.39, 0.29) is 5.82 Å². The molecule has 0 unspecified atom stereocenters. The van der Waals surface area contributed by atoms with Gasteiger partial charge in [0.2, 0.25) is 0 Å². The van der Waals surface area contributed by atoms with Gasteiger partial charge in [0.1, 0.15) is 11.0 Å². The van der Waals surface area contributed by atoms with Gasteiger partial charge in [0, 0.05) is 18.7 Å². The van der Waals surface area contributed by atoms with Crippen molar-refractivity contribution < 1.29 is 4.39 Å². The van der Waals surface area contributed by atoms with Gasteiger partial charge in [0.05, 0.1) is 6.54 Å². The maximum absolute atomic E-state index is 13.1. The van der Waals surface area contributed by atoms with E-state index >= 15 is 0 Å². The number of aliphatic imine (C=N–C) groups is 1. The van der Waals surface area contributed by atoms with Crippen molar-refractivity contribution >= 4 is 16.8 Å². The Morgan fingerprint density at radius 2 is 2.27 bits per heavy atom. The third-order valence-electron chi connectivity index (χ3n) is 2.47. The van der Waals surface area contributed by atoms with Crippen molar-refractivity contribution in [3.05, 3.63) is 35.1 Å². The monoisotopic (exact) mass is 226 g/mol. The van der Waals surface area contributed by atoms with Crippen LogP contribution in [0, 0.1) is 5.82 Å². The van der Waals surface area contributed by atoms with Crippen LogP contribution in [0.15, 0.2) is 23.2 Å². The van der Waals surface area contributed by atoms with Gasteiger partial charge in [-0.15, -0.1) is 0 Å². The Bertz CT molecular complexity index is 404. The summed E-state index contributed by atoms with van der Waals surface area (Å²) in [5, 5.41) is 0.414. The number of likely N-dealkylation sites (N-methyl/N-ethyl adjacent to an activating group) is 1. The minimum Gasteiger partial charge on any atom is -0.300 e. The van der Waals surface area contributed by atoms with E-state index in [9.17, 15) is 4.39 Å². The summed E-state index contributed by atoms with van der Waals surface area (Å²) in [5.74, 6) is -0.273. The van der Waals surface area contributed by atoms with Crippen LogP contribution in [0.25, 0.3) is 0 Å². The standard InChI is InChI=1S/C11H12ClFN2/c1-15-5-4-14-11(12)10-6-9(13)3-2-8(10)7-15/h2-3,6H,4-5,7H2,1H3. The maximum Gasteiger partial charge on any atom is 0.131 e. The lowest BCUT2D eigenvalue weighted by molar-refractivity contribution is 0.335. The van der Waals surface area contributed by atoms with Crippen LogP contribution in [0.5, 0.6) is 0 Å². The zero-order chi connectivity index (χ0) is 10.8. The minimum absolute atomic E-state index is 0.273. The van der Waals surface area contributed by atoms with Crippen molar-refractivity contribution in [2.75, 3.05) is 20.1 Å². The van der Waals surface area contributed by atoms with Gasteiger partial charge in [-0.25, -0.2) is 4.39 Å². The highest BCUT2D eigenvalue weighted by Gasteiger charge is 2.13. The molecular weight excluding hydrogens is 215 g/mol. The number of hydrogen-bond donors (Lipinski definition) is 0. The third-order valence-corrected chi connectivity index (χ3v) is 2.79. The molecule has 0 radical (unpaired) electrons. The van der Waals surface area contributed by atoms with Crippen LogP contribution in [-0.4, -0.2) is 30.2 Å². The van der Waals surface area contributed by atoms with E-state index in [2.05, 4.69) is 9.89 Å². The van der Waals surface area contributed by atoms with Gasteiger partial charge in [-0.1, -0.05) is 17.7 Å². The first-order valence-electron chi connectivity index (χ1n) is 4.84. The summed E-state index contributed by atoms with van der Waals surface area (Å²) in [6.45, 7) is 2.31. The van der Waals surface area contributed by atoms with E-state index in [0.717, 1.165) is 18.7 Å². The molecule has 0 saturated heterocycles. The summed E-state index contributed by atoms with van der Waals surface area (Å²) in [5.41, 5.74) is 1.73. The van der Waals surface area contributed by atoms with Crippen molar-refractivity contribution in [3.63, 3.8) is 0 Å². The molecular formula is C11H12ClFN2. The van der Waals surface area contributed by atoms with Crippen LogP contribution < -0.4 is 0 Å². The van der Waals surface area contributed by atoms with Crippen LogP contribution >= 0.6 is 11.6 Å². The summed E-state index contributed by atoms with van der Waals surface area (Å²) in [4.78, 5) is 6.33. The SMILES string of the molecule is CN1CCN=C(Cl)c2cc(F)ccc2C1. The van der Waals surface area contributed by atoms with Crippen LogP contribution in [0.3, 0.4) is 0 Å². The zero-order valence-electron chi connectivity index (χ0n) is 8.50. The summed E-state index contributed by atoms with van der Waals surface area (Å²) in [7, 11) is 2.02. The summed E-state index contributed by atoms with van der Waals surface area (Å²) in [6.07, 6.45) is 0. The van der Waals surface area contributed by atoms with Crippen molar-refractivity contribution in [1.82, 2.24) is 4.90 Å². The van der Waals surface area contributed by atoms with Crippen LogP contribution in [-0.2, 0) is 6.54 Å². The average Bonchev–Trinajstić information content (AvgIpc) is 2.18. The molecule has 0 fully saturated rings. The summed E-state index contributed by atoms with van der Waals surface area (Å²) >= 11 is 6.01. The lowest BCUT2D eigenvalue weighted by Gasteiger charge is -2.20. The normalized spacial score (nSPS) is 17.7. The van der Waals surface area contributed by atoms with Crippen LogP contribution in [0.1, 0.15) is 11.1 Å². The molecule has 2 nitrogen and oxygen atoms in total. The van der Waals surface area contributed by atoms with Gasteiger partial charge >= 0.3 is 0 Å². The highest BCUT2D eigenvalue weighted by Crippen LogP contribution is 2.18. The van der Waals surface area contributed by atoms with Crippen LogP contribution in [0.2, 0.25) is 0 Å². The maximum atomic E-state index is 13.1. The summed E-state index contributed by atoms with van der Waals surface area (Å²) < 4.78 is 13.1. The Labute approximate surface area is 93.4 Å². The molecule has 1 heterocycles. The number of halogens is 2. The molecule has 0 atom stereocenters. The molecule has 0 amide bonds. The Hall–Kier alpha value is -0.930. The van der Waals surface area contributed by atoms with E-state index in [4.69, 9.17) is 11.6 Å². The average molecular weight is 227 g/mol. The molecule has 15 heavy (non-hydrogen) atoms. The highest BCUT2D eigenvalue weighted by molar-refractivity contribution is 6.69. The Morgan fingerprint density at radius 1 is 1.47 bits per heavy atom. The zero-order valence-corrected chi connectivity index (χ0v) is 9.26. The lowest BCUT2D eigenvalue weighted by atomic mass is 10.1. The first-order valence-corrected chi connectivity index (χ1v) is 5.22. The molecule has 0 saturated carbocycles. The Kier molecular flexibility index (Phi) is 3.03. The number of hydrogen-bond acceptors (Lipinski definition) is 2. The van der Waals surface area contributed by atoms with Gasteiger partial charge in [-0.2, -0.15) is 0 Å². The Morgan fingerprint density at radius 3 is 3.07 bits per heavy atom. The predicted molar refractivity (Wildman–Crippen MR) is 60.0 cm³/mol. The molecule has 1 aromatic rings. The number of fused-ring (bicyclic) bond motifs is 1. The molecule has 0 aromatic heterocycles. The first kappa shape index (κ1) is 10.6. The smallest absolute Gasteiger partial charge is 0.131 e. The van der Waals surface area contributed by atoms with Crippen molar-refractivity contribution in [1.29, 1.82) is 0 Å². The molecule has 0 spiro atoms. The van der Waals surface area contributed by atoms with Gasteiger partial charge < -0.3 is 4.90 Å². The molecule has 1 aromatic carbocycles. The molecule has 0 N–H and O–H groups in total. The number of nitrogens with zero attached hydrogens (tertiary/aromatic N) is 2. The van der Waals surface area contributed by atoms with Crippen molar-refractivity contribution in [2.45, 2.75) is 6.54 Å². The molecule has 2 rings (SSSR count). The topological polar surface area (TPSA) is 15.6 Å². The predicted octanol–water partition coefficient (Wildman–Crippen LogP) is 2.26. The van der Waals surface area contributed by atoms with Gasteiger partial charge in [-0.05, 0) is 24.7 Å². The van der Waals surface area contributed by atoms with Crippen molar-refractivity contribution in [3.8, 4) is 0 Å². The van der Waals surface area contributed by atoms with E-state index in [1.54, 1.807) is 6.07 Å². The number of rotatable bonds is 0. The van der Waals surface area contributed by atoms with E-state index < -0.39 is 0 Å². The molecule has 4 heteroatoms. The van der Waals surface area contributed by atoms with Gasteiger partial charge in [0.25, 0.3) is 0 Å². The second-order valence-electron chi connectivity index (χ2n) is 3.71. The fourth-order valence-electron chi connectivity index (χ4n) is 1.65. The molecule has 1 aliphatic heterocycles. The highest BCUT2D eigenvalue weighted by atomic mass is 35.5. The van der Waals surface area contributed by atoms with Gasteiger partial charge in [0.15, 0.2) is 0 Å². The van der Waals surface area contributed by atoms with E-state index in [0.29, 0.717) is 17.3 Å². The van der Waals surface area contributed by atoms with E-state index in [1.165, 1.54) is 12.1 Å². The van der Waals surface area contributed by atoms with Crippen LogP contribution in [0.4, 0.5) is 4.39 Å².